The molecule has 0 unspecified atom stereocenters. The average molecular weight is 347 g/mol. The molecule has 0 aromatic carbocycles. The first-order valence-electron chi connectivity index (χ1n) is 3.32. The summed E-state index contributed by atoms with van der Waals surface area (Å²) in [6, 6.07) is 0.562. The molecule has 0 aliphatic heterocycles. The van der Waals surface area contributed by atoms with Gasteiger partial charge in [0.05, 0.1) is 0 Å². The van der Waals surface area contributed by atoms with Crippen LogP contribution in [0.5, 0.6) is 0 Å². The Morgan fingerprint density at radius 3 is 1.27 bits per heavy atom. The Morgan fingerprint density at radius 2 is 1.09 bits per heavy atom. The summed E-state index contributed by atoms with van der Waals surface area (Å²) in [4.78, 5) is 0. The molecule has 0 amide bonds. The van der Waals surface area contributed by atoms with E-state index in [4.69, 9.17) is 11.5 Å². The van der Waals surface area contributed by atoms with E-state index in [1.54, 1.807) is 0 Å². The average Bonchev–Trinajstić information content (AvgIpc) is 1.77. The predicted octanol–water partition coefficient (Wildman–Crippen LogP) is -1.63. The minimum atomic E-state index is 0. The maximum absolute atomic E-state index is 5.65. The summed E-state index contributed by atoms with van der Waals surface area (Å²) < 4.78 is 0. The largest absolute Gasteiger partial charge is 2.00 e. The van der Waals surface area contributed by atoms with Crippen molar-refractivity contribution in [2.75, 3.05) is 0 Å². The van der Waals surface area contributed by atoms with Gasteiger partial charge in [-0.3, -0.25) is 0 Å². The van der Waals surface area contributed by atoms with Crippen LogP contribution in [0.15, 0.2) is 0 Å². The summed E-state index contributed by atoms with van der Waals surface area (Å²) >= 11 is 0. The monoisotopic (exact) mass is 347 g/mol. The van der Waals surface area contributed by atoms with Crippen LogP contribution >= 0.6 is 0 Å². The zero-order valence-corrected chi connectivity index (χ0v) is 8.88. The van der Waals surface area contributed by atoms with Crippen molar-refractivity contribution in [3.63, 3.8) is 0 Å². The van der Waals surface area contributed by atoms with Gasteiger partial charge in [-0.2, -0.15) is 0 Å². The number of rotatable bonds is 0. The molecule has 72 valence electrons. The van der Waals surface area contributed by atoms with Crippen LogP contribution in [0.4, 0.5) is 0 Å². The fraction of sp³-hybridized carbons (Fsp3) is 1.00. The smallest absolute Gasteiger partial charge is 0.457 e. The van der Waals surface area contributed by atoms with Gasteiger partial charge >= 0.3 is 21.1 Å². The van der Waals surface area contributed by atoms with Gasteiger partial charge in [0.2, 0.25) is 0 Å². The molecular formula is C6H20N2O2Pt+4. The van der Waals surface area contributed by atoms with Crippen LogP contribution in [0.3, 0.4) is 0 Å². The first-order valence-corrected chi connectivity index (χ1v) is 3.32. The molecule has 0 aromatic rings. The van der Waals surface area contributed by atoms with E-state index in [0.29, 0.717) is 0 Å². The van der Waals surface area contributed by atoms with Crippen LogP contribution < -0.4 is 11.5 Å². The molecule has 2 atom stereocenters. The Hall–Kier alpha value is 0.528. The summed E-state index contributed by atoms with van der Waals surface area (Å²) in [5.41, 5.74) is 11.3. The van der Waals surface area contributed by atoms with E-state index in [9.17, 15) is 0 Å². The van der Waals surface area contributed by atoms with Crippen LogP contribution in [0.25, 0.3) is 0 Å². The van der Waals surface area contributed by atoms with Gasteiger partial charge in [0.25, 0.3) is 0 Å². The summed E-state index contributed by atoms with van der Waals surface area (Å²) in [6.45, 7) is 0. The van der Waals surface area contributed by atoms with Gasteiger partial charge in [-0.05, 0) is 12.8 Å². The van der Waals surface area contributed by atoms with Gasteiger partial charge in [-0.1, -0.05) is 12.8 Å². The van der Waals surface area contributed by atoms with E-state index in [-0.39, 0.29) is 44.1 Å². The molecule has 1 aliphatic rings. The molecule has 0 aromatic heterocycles. The summed E-state index contributed by atoms with van der Waals surface area (Å²) in [7, 11) is 0. The number of hydrogen-bond donors (Lipinski definition) is 2. The standard InChI is InChI=1S/C6H14N2.2H2O.Pt/c7-5-3-1-2-4-6(5)8;;;/h5-6H,1-4,7-8H2;2*1H2;/q;;;+2/p+2/t5-,6-;;;/m1.../s1. The molecule has 11 heavy (non-hydrogen) atoms. The van der Waals surface area contributed by atoms with Crippen molar-refractivity contribution in [1.29, 1.82) is 0 Å². The fourth-order valence-electron chi connectivity index (χ4n) is 1.19. The quantitative estimate of drug-likeness (QED) is 0.512. The van der Waals surface area contributed by atoms with Crippen LogP contribution in [-0.2, 0) is 32.0 Å². The van der Waals surface area contributed by atoms with Gasteiger partial charge in [0.1, 0.15) is 0 Å². The van der Waals surface area contributed by atoms with E-state index < -0.39 is 0 Å². The van der Waals surface area contributed by atoms with Crippen molar-refractivity contribution >= 4 is 0 Å². The molecule has 0 saturated heterocycles. The molecule has 0 radical (unpaired) electrons. The predicted molar refractivity (Wildman–Crippen MR) is 44.2 cm³/mol. The number of nitrogens with two attached hydrogens (primary N) is 2. The van der Waals surface area contributed by atoms with E-state index in [1.807, 2.05) is 0 Å². The Labute approximate surface area is 81.6 Å². The molecule has 0 spiro atoms. The molecular weight excluding hydrogens is 327 g/mol. The third-order valence-corrected chi connectivity index (χ3v) is 1.87. The maximum Gasteiger partial charge on any atom is 2.00 e. The second kappa shape index (κ2) is 8.62. The van der Waals surface area contributed by atoms with Gasteiger partial charge in [-0.15, -0.1) is 0 Å². The van der Waals surface area contributed by atoms with E-state index >= 15 is 0 Å². The topological polar surface area (TPSA) is 118 Å². The molecule has 0 bridgehead atoms. The van der Waals surface area contributed by atoms with Gasteiger partial charge < -0.3 is 22.4 Å². The first kappa shape index (κ1) is 17.6. The van der Waals surface area contributed by atoms with Crippen LogP contribution in [-0.4, -0.2) is 12.1 Å². The van der Waals surface area contributed by atoms with Gasteiger partial charge in [0.15, 0.2) is 0 Å². The van der Waals surface area contributed by atoms with Crippen molar-refractivity contribution in [3.8, 4) is 0 Å². The van der Waals surface area contributed by atoms with Gasteiger partial charge in [0, 0.05) is 12.1 Å². The third kappa shape index (κ3) is 5.76. The second-order valence-corrected chi connectivity index (χ2v) is 2.61. The van der Waals surface area contributed by atoms with Crippen LogP contribution in [0.1, 0.15) is 25.7 Å². The fourth-order valence-corrected chi connectivity index (χ4v) is 1.19. The second-order valence-electron chi connectivity index (χ2n) is 2.61. The molecule has 4 nitrogen and oxygen atoms in total. The SMILES string of the molecule is N[C@@H]1CCCC[C@H]1N.[OH3+].[OH3+].[Pt+2]. The van der Waals surface area contributed by atoms with Crippen molar-refractivity contribution < 1.29 is 32.0 Å². The third-order valence-electron chi connectivity index (χ3n) is 1.87. The van der Waals surface area contributed by atoms with Crippen molar-refractivity contribution in [1.82, 2.24) is 0 Å². The minimum absolute atomic E-state index is 0. The van der Waals surface area contributed by atoms with Gasteiger partial charge in [-0.25, -0.2) is 0 Å². The Balaban J connectivity index is -0.000000213. The van der Waals surface area contributed by atoms with E-state index in [0.717, 1.165) is 12.8 Å². The minimum Gasteiger partial charge on any atom is -0.457 e. The van der Waals surface area contributed by atoms with E-state index in [2.05, 4.69) is 0 Å². The Kier molecular flexibility index (Phi) is 13.8. The molecule has 5 heteroatoms. The molecule has 1 saturated carbocycles. The molecule has 1 rings (SSSR count). The van der Waals surface area contributed by atoms with Crippen LogP contribution in [0.2, 0.25) is 0 Å². The number of hydrogen-bond acceptors (Lipinski definition) is 2. The molecule has 10 N–H and O–H groups in total. The first-order chi connectivity index (χ1) is 3.80. The Bertz CT molecular complexity index is 75.0. The van der Waals surface area contributed by atoms with Crippen molar-refractivity contribution in [3.05, 3.63) is 0 Å². The van der Waals surface area contributed by atoms with Crippen molar-refractivity contribution in [2.45, 2.75) is 37.8 Å². The molecule has 0 heterocycles. The summed E-state index contributed by atoms with van der Waals surface area (Å²) in [5, 5.41) is 0. The zero-order chi connectivity index (χ0) is 5.98. The van der Waals surface area contributed by atoms with Crippen molar-refractivity contribution in [2.24, 2.45) is 11.5 Å². The maximum atomic E-state index is 5.65. The zero-order valence-electron chi connectivity index (χ0n) is 6.61. The summed E-state index contributed by atoms with van der Waals surface area (Å²) in [6.07, 6.45) is 4.80. The van der Waals surface area contributed by atoms with Crippen LogP contribution in [0, 0.1) is 0 Å². The normalized spacial score (nSPS) is 28.9. The molecule has 1 fully saturated rings. The van der Waals surface area contributed by atoms with E-state index in [1.165, 1.54) is 12.8 Å². The Morgan fingerprint density at radius 1 is 0.818 bits per heavy atom. The summed E-state index contributed by atoms with van der Waals surface area (Å²) in [5.74, 6) is 0. The molecule has 1 aliphatic carbocycles.